The topological polar surface area (TPSA) is 37.6 Å². The van der Waals surface area contributed by atoms with Gasteiger partial charge in [0.25, 0.3) is 5.91 Å². The van der Waals surface area contributed by atoms with E-state index in [-0.39, 0.29) is 5.91 Å². The first-order valence-corrected chi connectivity index (χ1v) is 8.25. The first kappa shape index (κ1) is 16.2. The Morgan fingerprint density at radius 2 is 1.75 bits per heavy atom. The number of rotatable bonds is 3. The summed E-state index contributed by atoms with van der Waals surface area (Å²) in [5, 5.41) is 5.91. The van der Waals surface area contributed by atoms with Gasteiger partial charge in [0.15, 0.2) is 0 Å². The minimum absolute atomic E-state index is 0.0759. The van der Waals surface area contributed by atoms with Crippen molar-refractivity contribution in [1.29, 1.82) is 0 Å². The van der Waals surface area contributed by atoms with Crippen molar-refractivity contribution in [2.24, 2.45) is 5.10 Å². The third kappa shape index (κ3) is 2.68. The van der Waals surface area contributed by atoms with E-state index in [0.717, 1.165) is 17.0 Å². The lowest BCUT2D eigenvalue weighted by atomic mass is 10.1. The largest absolute Gasteiger partial charge is 0.346 e. The van der Waals surface area contributed by atoms with Crippen LogP contribution in [0.25, 0.3) is 6.08 Å². The predicted molar refractivity (Wildman–Crippen MR) is 99.3 cm³/mol. The molecule has 4 heteroatoms. The molecule has 0 aliphatic carbocycles. The Labute approximate surface area is 143 Å². The van der Waals surface area contributed by atoms with Crippen molar-refractivity contribution < 1.29 is 4.79 Å². The van der Waals surface area contributed by atoms with Gasteiger partial charge in [-0.25, -0.2) is 0 Å². The Balaban J connectivity index is 1.99. The average molecular weight is 321 g/mol. The molecule has 1 aromatic carbocycles. The van der Waals surface area contributed by atoms with Crippen LogP contribution in [0.2, 0.25) is 0 Å². The number of benzene rings is 1. The first-order valence-electron chi connectivity index (χ1n) is 8.25. The molecular weight excluding hydrogens is 298 g/mol. The second kappa shape index (κ2) is 6.11. The molecule has 1 aliphatic rings. The average Bonchev–Trinajstić information content (AvgIpc) is 2.98. The van der Waals surface area contributed by atoms with E-state index in [9.17, 15) is 4.79 Å². The first-order chi connectivity index (χ1) is 11.4. The lowest BCUT2D eigenvalue weighted by molar-refractivity contribution is -0.114. The SMILES string of the molecule is CC1=NN(c2ccccc2)C(=O)/C1=C\c1cc(C)n(C(C)C)c1C. The number of hydrazone groups is 1. The van der Waals surface area contributed by atoms with Crippen molar-refractivity contribution in [2.45, 2.75) is 40.7 Å². The maximum Gasteiger partial charge on any atom is 0.280 e. The lowest BCUT2D eigenvalue weighted by Crippen LogP contribution is -2.21. The molecule has 0 N–H and O–H groups in total. The van der Waals surface area contributed by atoms with E-state index in [1.54, 1.807) is 0 Å². The predicted octanol–water partition coefficient (Wildman–Crippen LogP) is 4.49. The van der Waals surface area contributed by atoms with Crippen LogP contribution >= 0.6 is 0 Å². The fourth-order valence-electron chi connectivity index (χ4n) is 3.33. The number of para-hydroxylation sites is 1. The van der Waals surface area contributed by atoms with Gasteiger partial charge in [0.2, 0.25) is 0 Å². The van der Waals surface area contributed by atoms with Gasteiger partial charge in [-0.2, -0.15) is 10.1 Å². The Morgan fingerprint density at radius 1 is 1.08 bits per heavy atom. The molecule has 4 nitrogen and oxygen atoms in total. The highest BCUT2D eigenvalue weighted by atomic mass is 16.2. The third-order valence-corrected chi connectivity index (χ3v) is 4.40. The minimum atomic E-state index is -0.0759. The maximum absolute atomic E-state index is 12.8. The Morgan fingerprint density at radius 3 is 2.33 bits per heavy atom. The molecule has 2 heterocycles. The molecule has 0 saturated heterocycles. The summed E-state index contributed by atoms with van der Waals surface area (Å²) in [5.41, 5.74) is 5.65. The van der Waals surface area contributed by atoms with Crippen LogP contribution in [0.15, 0.2) is 47.1 Å². The van der Waals surface area contributed by atoms with E-state index in [2.05, 4.69) is 43.4 Å². The summed E-state index contributed by atoms with van der Waals surface area (Å²) >= 11 is 0. The van der Waals surface area contributed by atoms with Crippen LogP contribution in [0.5, 0.6) is 0 Å². The highest BCUT2D eigenvalue weighted by molar-refractivity contribution is 6.32. The summed E-state index contributed by atoms with van der Waals surface area (Å²) in [6, 6.07) is 12.1. The molecule has 0 unspecified atom stereocenters. The van der Waals surface area contributed by atoms with Gasteiger partial charge < -0.3 is 4.57 Å². The monoisotopic (exact) mass is 321 g/mol. The van der Waals surface area contributed by atoms with Gasteiger partial charge in [-0.3, -0.25) is 4.79 Å². The highest BCUT2D eigenvalue weighted by Crippen LogP contribution is 2.27. The number of carbonyl (C=O) groups is 1. The molecule has 0 saturated carbocycles. The quantitative estimate of drug-likeness (QED) is 0.767. The van der Waals surface area contributed by atoms with Gasteiger partial charge in [-0.15, -0.1) is 0 Å². The zero-order valence-electron chi connectivity index (χ0n) is 14.9. The summed E-state index contributed by atoms with van der Waals surface area (Å²) < 4.78 is 2.28. The molecule has 0 spiro atoms. The summed E-state index contributed by atoms with van der Waals surface area (Å²) in [6.45, 7) is 10.4. The molecule has 24 heavy (non-hydrogen) atoms. The van der Waals surface area contributed by atoms with Gasteiger partial charge >= 0.3 is 0 Å². The smallest absolute Gasteiger partial charge is 0.280 e. The van der Waals surface area contributed by atoms with Gasteiger partial charge in [0, 0.05) is 17.4 Å². The molecule has 1 aromatic heterocycles. The summed E-state index contributed by atoms with van der Waals surface area (Å²) in [7, 11) is 0. The second-order valence-corrected chi connectivity index (χ2v) is 6.49. The van der Waals surface area contributed by atoms with Crippen LogP contribution in [0.3, 0.4) is 0 Å². The Hall–Kier alpha value is -2.62. The van der Waals surface area contributed by atoms with E-state index >= 15 is 0 Å². The number of aryl methyl sites for hydroxylation is 1. The van der Waals surface area contributed by atoms with Gasteiger partial charge in [-0.05, 0) is 64.5 Å². The van der Waals surface area contributed by atoms with Crippen LogP contribution in [0, 0.1) is 13.8 Å². The summed E-state index contributed by atoms with van der Waals surface area (Å²) in [5.74, 6) is -0.0759. The van der Waals surface area contributed by atoms with Crippen molar-refractivity contribution in [1.82, 2.24) is 4.57 Å². The number of anilines is 1. The van der Waals surface area contributed by atoms with Gasteiger partial charge in [0.1, 0.15) is 0 Å². The van der Waals surface area contributed by atoms with Crippen molar-refractivity contribution in [3.05, 3.63) is 58.9 Å². The minimum Gasteiger partial charge on any atom is -0.346 e. The number of amides is 1. The Kier molecular flexibility index (Phi) is 4.14. The molecule has 0 radical (unpaired) electrons. The van der Waals surface area contributed by atoms with E-state index in [1.807, 2.05) is 43.3 Å². The number of hydrogen-bond donors (Lipinski definition) is 0. The molecular formula is C20H23N3O. The van der Waals surface area contributed by atoms with Crippen molar-refractivity contribution >= 4 is 23.4 Å². The van der Waals surface area contributed by atoms with Crippen LogP contribution < -0.4 is 5.01 Å². The number of carbonyl (C=O) groups excluding carboxylic acids is 1. The zero-order valence-corrected chi connectivity index (χ0v) is 14.9. The highest BCUT2D eigenvalue weighted by Gasteiger charge is 2.29. The Bertz CT molecular complexity index is 841. The lowest BCUT2D eigenvalue weighted by Gasteiger charge is -2.13. The fraction of sp³-hybridized carbons (Fsp3) is 0.300. The molecule has 0 fully saturated rings. The van der Waals surface area contributed by atoms with E-state index in [0.29, 0.717) is 11.6 Å². The fourth-order valence-corrected chi connectivity index (χ4v) is 3.33. The molecule has 2 aromatic rings. The van der Waals surface area contributed by atoms with Crippen LogP contribution in [-0.4, -0.2) is 16.2 Å². The van der Waals surface area contributed by atoms with Gasteiger partial charge in [-0.1, -0.05) is 18.2 Å². The summed E-state index contributed by atoms with van der Waals surface area (Å²) in [6.07, 6.45) is 1.96. The molecule has 124 valence electrons. The molecule has 1 amide bonds. The second-order valence-electron chi connectivity index (χ2n) is 6.49. The third-order valence-electron chi connectivity index (χ3n) is 4.40. The van der Waals surface area contributed by atoms with Crippen molar-refractivity contribution in [3.8, 4) is 0 Å². The van der Waals surface area contributed by atoms with Crippen LogP contribution in [0.4, 0.5) is 5.69 Å². The van der Waals surface area contributed by atoms with Crippen molar-refractivity contribution in [2.75, 3.05) is 5.01 Å². The molecule has 1 aliphatic heterocycles. The number of hydrogen-bond acceptors (Lipinski definition) is 2. The normalized spacial score (nSPS) is 16.4. The van der Waals surface area contributed by atoms with Crippen molar-refractivity contribution in [3.63, 3.8) is 0 Å². The maximum atomic E-state index is 12.8. The van der Waals surface area contributed by atoms with Gasteiger partial charge in [0.05, 0.1) is 17.0 Å². The van der Waals surface area contributed by atoms with E-state index < -0.39 is 0 Å². The van der Waals surface area contributed by atoms with Crippen LogP contribution in [0.1, 0.15) is 43.8 Å². The van der Waals surface area contributed by atoms with Crippen LogP contribution in [-0.2, 0) is 4.79 Å². The number of aromatic nitrogens is 1. The van der Waals surface area contributed by atoms with E-state index in [4.69, 9.17) is 0 Å². The molecule has 0 bridgehead atoms. The standard InChI is InChI=1S/C20H23N3O/c1-13(2)22-14(3)11-17(16(22)5)12-19-15(4)21-23(20(19)24)18-9-7-6-8-10-18/h6-13H,1-5H3/b19-12-. The van der Waals surface area contributed by atoms with E-state index in [1.165, 1.54) is 16.4 Å². The zero-order chi connectivity index (χ0) is 17.4. The number of nitrogens with zero attached hydrogens (tertiary/aromatic N) is 3. The summed E-state index contributed by atoms with van der Waals surface area (Å²) in [4.78, 5) is 12.8. The molecule has 0 atom stereocenters. The molecule has 3 rings (SSSR count).